The van der Waals surface area contributed by atoms with Crippen LogP contribution in [-0.2, 0) is 17.6 Å². The first-order valence-corrected chi connectivity index (χ1v) is 5.81. The van der Waals surface area contributed by atoms with Crippen LogP contribution in [0.2, 0.25) is 0 Å². The number of anilines is 1. The molecule has 0 saturated carbocycles. The highest BCUT2D eigenvalue weighted by molar-refractivity contribution is 5.46. The van der Waals surface area contributed by atoms with Gasteiger partial charge in [0.05, 0.1) is 19.8 Å². The number of fused-ring (bicyclic) bond motifs is 1. The Hall–Kier alpha value is -1.13. The van der Waals surface area contributed by atoms with Crippen LogP contribution in [0.4, 0.5) is 5.82 Å². The second kappa shape index (κ2) is 5.82. The van der Waals surface area contributed by atoms with Gasteiger partial charge in [-0.1, -0.05) is 6.07 Å². The number of ether oxygens (including phenoxy) is 1. The quantitative estimate of drug-likeness (QED) is 0.730. The fourth-order valence-corrected chi connectivity index (χ4v) is 1.85. The molecule has 2 rings (SSSR count). The summed E-state index contributed by atoms with van der Waals surface area (Å²) in [5.74, 6) is 1.03. The molecule has 1 aliphatic rings. The van der Waals surface area contributed by atoms with Gasteiger partial charge in [0, 0.05) is 18.7 Å². The summed E-state index contributed by atoms with van der Waals surface area (Å²) in [7, 11) is 0. The van der Waals surface area contributed by atoms with E-state index in [-0.39, 0.29) is 6.61 Å². The molecule has 16 heavy (non-hydrogen) atoms. The molecule has 0 saturated heterocycles. The van der Waals surface area contributed by atoms with Gasteiger partial charge in [-0.15, -0.1) is 0 Å². The predicted octanol–water partition coefficient (Wildman–Crippen LogP) is 0.991. The monoisotopic (exact) mass is 222 g/mol. The first kappa shape index (κ1) is 11.4. The van der Waals surface area contributed by atoms with E-state index in [1.54, 1.807) is 0 Å². The zero-order valence-corrected chi connectivity index (χ0v) is 9.41. The Bertz CT molecular complexity index is 342. The van der Waals surface area contributed by atoms with Gasteiger partial charge in [0.25, 0.3) is 0 Å². The van der Waals surface area contributed by atoms with Crippen LogP contribution < -0.4 is 5.32 Å². The highest BCUT2D eigenvalue weighted by Gasteiger charge is 2.09. The normalized spacial score (nSPS) is 14.3. The minimum Gasteiger partial charge on any atom is -0.394 e. The first-order chi connectivity index (χ1) is 7.90. The Labute approximate surface area is 95.7 Å². The molecule has 1 aliphatic heterocycles. The van der Waals surface area contributed by atoms with E-state index < -0.39 is 0 Å². The number of aliphatic hydroxyl groups excluding tert-OH is 1. The van der Waals surface area contributed by atoms with Crippen LogP contribution in [0.15, 0.2) is 12.1 Å². The maximum Gasteiger partial charge on any atom is 0.129 e. The summed E-state index contributed by atoms with van der Waals surface area (Å²) < 4.78 is 5.22. The number of aliphatic hydroxyl groups is 1. The van der Waals surface area contributed by atoms with Gasteiger partial charge in [0.15, 0.2) is 0 Å². The van der Waals surface area contributed by atoms with E-state index in [1.807, 2.05) is 0 Å². The second-order valence-electron chi connectivity index (χ2n) is 3.93. The molecule has 0 aromatic carbocycles. The smallest absolute Gasteiger partial charge is 0.129 e. The molecule has 0 unspecified atom stereocenters. The van der Waals surface area contributed by atoms with Gasteiger partial charge in [-0.3, -0.25) is 0 Å². The number of nitrogens with one attached hydrogen (secondary N) is 1. The van der Waals surface area contributed by atoms with Gasteiger partial charge >= 0.3 is 0 Å². The minimum atomic E-state index is 0.0825. The third-order valence-electron chi connectivity index (χ3n) is 2.69. The van der Waals surface area contributed by atoms with Crippen molar-refractivity contribution in [1.82, 2.24) is 4.98 Å². The van der Waals surface area contributed by atoms with E-state index in [0.717, 1.165) is 30.9 Å². The Morgan fingerprint density at radius 2 is 2.31 bits per heavy atom. The van der Waals surface area contributed by atoms with Gasteiger partial charge in [-0.2, -0.15) is 0 Å². The molecular weight excluding hydrogens is 204 g/mol. The molecule has 0 amide bonds. The zero-order valence-electron chi connectivity index (χ0n) is 9.41. The van der Waals surface area contributed by atoms with Crippen molar-refractivity contribution < 1.29 is 9.84 Å². The van der Waals surface area contributed by atoms with Crippen molar-refractivity contribution in [3.05, 3.63) is 23.4 Å². The minimum absolute atomic E-state index is 0.0825. The number of rotatable bonds is 5. The maximum atomic E-state index is 8.57. The highest BCUT2D eigenvalue weighted by Crippen LogP contribution is 2.19. The highest BCUT2D eigenvalue weighted by atomic mass is 16.5. The Morgan fingerprint density at radius 1 is 1.38 bits per heavy atom. The summed E-state index contributed by atoms with van der Waals surface area (Å²) in [6, 6.07) is 4.21. The van der Waals surface area contributed by atoms with E-state index in [4.69, 9.17) is 9.84 Å². The van der Waals surface area contributed by atoms with Gasteiger partial charge in [-0.25, -0.2) is 4.98 Å². The Balaban J connectivity index is 1.90. The van der Waals surface area contributed by atoms with Crippen LogP contribution in [0, 0.1) is 0 Å². The third kappa shape index (κ3) is 2.93. The second-order valence-corrected chi connectivity index (χ2v) is 3.93. The lowest BCUT2D eigenvalue weighted by Crippen LogP contribution is -2.14. The van der Waals surface area contributed by atoms with Crippen molar-refractivity contribution >= 4 is 5.82 Å². The molecule has 0 fully saturated rings. The lowest BCUT2D eigenvalue weighted by molar-refractivity contribution is 0.0940. The summed E-state index contributed by atoms with van der Waals surface area (Å²) in [5.41, 5.74) is 2.36. The number of hydrogen-bond donors (Lipinski definition) is 2. The lowest BCUT2D eigenvalue weighted by Gasteiger charge is -2.17. The molecular formula is C12H18N2O2. The van der Waals surface area contributed by atoms with E-state index >= 15 is 0 Å². The topological polar surface area (TPSA) is 54.4 Å². The Kier molecular flexibility index (Phi) is 4.13. The van der Waals surface area contributed by atoms with Crippen molar-refractivity contribution in [2.75, 3.05) is 31.7 Å². The van der Waals surface area contributed by atoms with Crippen molar-refractivity contribution in [2.45, 2.75) is 19.3 Å². The lowest BCUT2D eigenvalue weighted by atomic mass is 10.1. The van der Waals surface area contributed by atoms with E-state index in [2.05, 4.69) is 22.4 Å². The van der Waals surface area contributed by atoms with Crippen LogP contribution in [-0.4, -0.2) is 36.5 Å². The summed E-state index contributed by atoms with van der Waals surface area (Å²) in [6.07, 6.45) is 3.11. The fourth-order valence-electron chi connectivity index (χ4n) is 1.85. The number of aryl methyl sites for hydroxylation is 1. The molecule has 88 valence electrons. The molecule has 2 N–H and O–H groups in total. The van der Waals surface area contributed by atoms with Gasteiger partial charge < -0.3 is 15.2 Å². The molecule has 4 heteroatoms. The van der Waals surface area contributed by atoms with Gasteiger partial charge in [0.2, 0.25) is 0 Å². The standard InChI is InChI=1S/C12H18N2O2/c15-7-9-16-8-5-11-4-3-10-2-1-6-13-12(10)14-11/h3-4,15H,1-2,5-9H2,(H,13,14). The van der Waals surface area contributed by atoms with Gasteiger partial charge in [0.1, 0.15) is 5.82 Å². The number of pyridine rings is 1. The van der Waals surface area contributed by atoms with Gasteiger partial charge in [-0.05, 0) is 24.5 Å². The fraction of sp³-hybridized carbons (Fsp3) is 0.583. The molecule has 0 bridgehead atoms. The van der Waals surface area contributed by atoms with Crippen LogP contribution in [0.3, 0.4) is 0 Å². The zero-order chi connectivity index (χ0) is 11.2. The number of hydrogen-bond acceptors (Lipinski definition) is 4. The van der Waals surface area contributed by atoms with Crippen LogP contribution in [0.5, 0.6) is 0 Å². The molecule has 0 radical (unpaired) electrons. The molecule has 0 spiro atoms. The molecule has 4 nitrogen and oxygen atoms in total. The third-order valence-corrected chi connectivity index (χ3v) is 2.69. The summed E-state index contributed by atoms with van der Waals surface area (Å²) in [6.45, 7) is 2.12. The summed E-state index contributed by atoms with van der Waals surface area (Å²) in [5, 5.41) is 11.9. The SMILES string of the molecule is OCCOCCc1ccc2c(n1)NCCC2. The molecule has 2 heterocycles. The van der Waals surface area contributed by atoms with Crippen molar-refractivity contribution in [2.24, 2.45) is 0 Å². The molecule has 1 aromatic rings. The summed E-state index contributed by atoms with van der Waals surface area (Å²) >= 11 is 0. The molecule has 1 aromatic heterocycles. The average Bonchev–Trinajstić information content (AvgIpc) is 2.34. The largest absolute Gasteiger partial charge is 0.394 e. The average molecular weight is 222 g/mol. The van der Waals surface area contributed by atoms with E-state index in [9.17, 15) is 0 Å². The van der Waals surface area contributed by atoms with Crippen molar-refractivity contribution in [1.29, 1.82) is 0 Å². The first-order valence-electron chi connectivity index (χ1n) is 5.81. The maximum absolute atomic E-state index is 8.57. The summed E-state index contributed by atoms with van der Waals surface area (Å²) in [4.78, 5) is 4.56. The number of nitrogens with zero attached hydrogens (tertiary/aromatic N) is 1. The van der Waals surface area contributed by atoms with Crippen molar-refractivity contribution in [3.63, 3.8) is 0 Å². The van der Waals surface area contributed by atoms with Crippen LogP contribution in [0.1, 0.15) is 17.7 Å². The van der Waals surface area contributed by atoms with Crippen LogP contribution in [0.25, 0.3) is 0 Å². The molecule has 0 aliphatic carbocycles. The van der Waals surface area contributed by atoms with Crippen molar-refractivity contribution in [3.8, 4) is 0 Å². The Morgan fingerprint density at radius 3 is 3.19 bits per heavy atom. The van der Waals surface area contributed by atoms with Crippen LogP contribution >= 0.6 is 0 Å². The van der Waals surface area contributed by atoms with E-state index in [0.29, 0.717) is 13.2 Å². The number of aromatic nitrogens is 1. The van der Waals surface area contributed by atoms with E-state index in [1.165, 1.54) is 12.0 Å². The predicted molar refractivity (Wildman–Crippen MR) is 62.7 cm³/mol. The molecule has 0 atom stereocenters.